The van der Waals surface area contributed by atoms with Crippen molar-refractivity contribution in [2.24, 2.45) is 4.99 Å². The molecule has 7 nitrogen and oxygen atoms in total. The lowest BCUT2D eigenvalue weighted by molar-refractivity contribution is -0.0498. The Labute approximate surface area is 168 Å². The number of nitrogens with zero attached hydrogens (tertiary/aromatic N) is 3. The first kappa shape index (κ1) is 18.9. The number of aliphatic imine (C=N–C) groups is 1. The van der Waals surface area contributed by atoms with E-state index in [4.69, 9.17) is 11.6 Å². The van der Waals surface area contributed by atoms with E-state index in [-0.39, 0.29) is 18.2 Å². The number of hydrogen-bond donors (Lipinski definition) is 3. The number of benzene rings is 1. The molecule has 0 unspecified atom stereocenters. The van der Waals surface area contributed by atoms with Crippen LogP contribution in [0.15, 0.2) is 41.5 Å². The molecule has 0 saturated heterocycles. The summed E-state index contributed by atoms with van der Waals surface area (Å²) >= 11 is 5.99. The number of aromatic nitrogens is 3. The molecule has 0 atom stereocenters. The molecule has 0 amide bonds. The summed E-state index contributed by atoms with van der Waals surface area (Å²) in [5.41, 5.74) is 2.54. The Morgan fingerprint density at radius 3 is 3.00 bits per heavy atom. The number of aromatic hydroxyl groups is 1. The number of hydrogen-bond acceptors (Lipinski definition) is 6. The zero-order chi connectivity index (χ0) is 20.4. The summed E-state index contributed by atoms with van der Waals surface area (Å²) in [7, 11) is 0. The minimum absolute atomic E-state index is 0.0680. The highest BCUT2D eigenvalue weighted by Crippen LogP contribution is 2.33. The second-order valence-corrected chi connectivity index (χ2v) is 6.52. The molecule has 29 heavy (non-hydrogen) atoms. The Bertz CT molecular complexity index is 1110. The number of halogens is 3. The van der Waals surface area contributed by atoms with Gasteiger partial charge in [-0.2, -0.15) is 13.8 Å². The van der Waals surface area contributed by atoms with Gasteiger partial charge in [-0.3, -0.25) is 0 Å². The van der Waals surface area contributed by atoms with Crippen LogP contribution >= 0.6 is 11.6 Å². The second-order valence-electron chi connectivity index (χ2n) is 6.08. The highest BCUT2D eigenvalue weighted by molar-refractivity contribution is 6.31. The van der Waals surface area contributed by atoms with E-state index < -0.39 is 6.61 Å². The van der Waals surface area contributed by atoms with E-state index in [9.17, 15) is 13.9 Å². The monoisotopic (exact) mass is 417 g/mol. The van der Waals surface area contributed by atoms with Crippen molar-refractivity contribution in [1.82, 2.24) is 15.0 Å². The molecule has 0 fully saturated rings. The first-order valence-corrected chi connectivity index (χ1v) is 8.84. The van der Waals surface area contributed by atoms with Gasteiger partial charge in [-0.15, -0.1) is 0 Å². The highest BCUT2D eigenvalue weighted by atomic mass is 35.5. The predicted molar refractivity (Wildman–Crippen MR) is 106 cm³/mol. The topological polar surface area (TPSA) is 95.4 Å². The maximum absolute atomic E-state index is 12.3. The Morgan fingerprint density at radius 1 is 1.31 bits per heavy atom. The summed E-state index contributed by atoms with van der Waals surface area (Å²) in [6, 6.07) is 8.04. The molecule has 2 aromatic heterocycles. The number of pyridine rings is 1. The van der Waals surface area contributed by atoms with Gasteiger partial charge in [0.15, 0.2) is 5.82 Å². The van der Waals surface area contributed by atoms with Gasteiger partial charge < -0.3 is 20.1 Å². The number of alkyl halides is 2. The summed E-state index contributed by atoms with van der Waals surface area (Å²) < 4.78 is 29.0. The molecular weight excluding hydrogens is 404 g/mol. The molecule has 0 bridgehead atoms. The molecule has 0 aliphatic carbocycles. The summed E-state index contributed by atoms with van der Waals surface area (Å²) in [6.45, 7) is -2.60. The van der Waals surface area contributed by atoms with Crippen molar-refractivity contribution in [2.45, 2.75) is 13.2 Å². The molecule has 1 aromatic carbocycles. The van der Waals surface area contributed by atoms with Gasteiger partial charge in [-0.05, 0) is 29.8 Å². The molecule has 1 aliphatic heterocycles. The SMILES string of the molecule is Oc1nc(NCc2cccc(OC(F)F)c2)[nH]c1/C=C1/C=Nc2ncc(Cl)cc21. The van der Waals surface area contributed by atoms with Crippen LogP contribution < -0.4 is 10.1 Å². The van der Waals surface area contributed by atoms with Gasteiger partial charge >= 0.3 is 6.61 Å². The molecule has 10 heteroatoms. The van der Waals surface area contributed by atoms with E-state index in [1.165, 1.54) is 18.3 Å². The van der Waals surface area contributed by atoms with Gasteiger partial charge in [0.25, 0.3) is 0 Å². The van der Waals surface area contributed by atoms with Crippen molar-refractivity contribution < 1.29 is 18.6 Å². The number of fused-ring (bicyclic) bond motifs is 1. The van der Waals surface area contributed by atoms with Crippen molar-refractivity contribution in [2.75, 3.05) is 5.32 Å². The fourth-order valence-corrected chi connectivity index (χ4v) is 2.96. The normalized spacial score (nSPS) is 13.9. The Kier molecular flexibility index (Phi) is 5.13. The van der Waals surface area contributed by atoms with Crippen molar-refractivity contribution in [3.8, 4) is 11.6 Å². The number of anilines is 1. The van der Waals surface area contributed by atoms with Crippen molar-refractivity contribution in [1.29, 1.82) is 0 Å². The van der Waals surface area contributed by atoms with Crippen LogP contribution in [-0.2, 0) is 6.54 Å². The quantitative estimate of drug-likeness (QED) is 0.543. The number of allylic oxidation sites excluding steroid dienone is 1. The summed E-state index contributed by atoms with van der Waals surface area (Å²) in [5, 5.41) is 13.6. The van der Waals surface area contributed by atoms with Gasteiger partial charge in [0, 0.05) is 30.1 Å². The van der Waals surface area contributed by atoms with Crippen LogP contribution in [0.25, 0.3) is 11.6 Å². The first-order chi connectivity index (χ1) is 14.0. The Hall–Kier alpha value is -3.46. The Balaban J connectivity index is 1.49. The molecule has 0 saturated carbocycles. The lowest BCUT2D eigenvalue weighted by atomic mass is 10.1. The predicted octanol–water partition coefficient (Wildman–Crippen LogP) is 4.63. The van der Waals surface area contributed by atoms with Crippen LogP contribution in [-0.4, -0.2) is 32.9 Å². The number of ether oxygens (including phenoxy) is 1. The first-order valence-electron chi connectivity index (χ1n) is 8.46. The molecule has 3 heterocycles. The van der Waals surface area contributed by atoms with Gasteiger partial charge in [0.1, 0.15) is 11.4 Å². The van der Waals surface area contributed by atoms with Gasteiger partial charge in [0.05, 0.1) is 5.02 Å². The van der Waals surface area contributed by atoms with E-state index in [1.807, 2.05) is 0 Å². The van der Waals surface area contributed by atoms with E-state index >= 15 is 0 Å². The molecule has 0 radical (unpaired) electrons. The third-order valence-corrected chi connectivity index (χ3v) is 4.27. The minimum Gasteiger partial charge on any atom is -0.492 e. The number of aromatic amines is 1. The molecule has 4 rings (SSSR count). The molecule has 0 spiro atoms. The maximum Gasteiger partial charge on any atom is 0.387 e. The second kappa shape index (κ2) is 7.88. The van der Waals surface area contributed by atoms with Crippen molar-refractivity contribution in [3.63, 3.8) is 0 Å². The van der Waals surface area contributed by atoms with Gasteiger partial charge in [-0.25, -0.2) is 9.98 Å². The average Bonchev–Trinajstić information content (AvgIpc) is 3.23. The molecular formula is C19H14ClF2N5O2. The number of nitrogens with one attached hydrogen (secondary N) is 2. The number of imidazole rings is 1. The number of H-pyrrole nitrogens is 1. The average molecular weight is 418 g/mol. The zero-order valence-corrected chi connectivity index (χ0v) is 15.5. The Morgan fingerprint density at radius 2 is 2.17 bits per heavy atom. The summed E-state index contributed by atoms with van der Waals surface area (Å²) in [5.74, 6) is 0.725. The fraction of sp³-hybridized carbons (Fsp3) is 0.105. The molecule has 148 valence electrons. The smallest absolute Gasteiger partial charge is 0.387 e. The lowest BCUT2D eigenvalue weighted by Gasteiger charge is -2.07. The largest absolute Gasteiger partial charge is 0.492 e. The molecule has 3 aromatic rings. The standard InChI is InChI=1S/C19H14ClF2N5O2/c20-12-6-14-11(8-23-16(14)24-9-12)5-15-17(28)27-19(26-15)25-7-10-2-1-3-13(4-10)29-18(21)22/h1-6,8-9,18,28H,7H2,(H2,25,26,27)/b11-5-. The van der Waals surface area contributed by atoms with Crippen LogP contribution in [0, 0.1) is 0 Å². The van der Waals surface area contributed by atoms with E-state index in [0.29, 0.717) is 28.0 Å². The van der Waals surface area contributed by atoms with Crippen LogP contribution in [0.3, 0.4) is 0 Å². The lowest BCUT2D eigenvalue weighted by Crippen LogP contribution is -2.04. The van der Waals surface area contributed by atoms with Crippen molar-refractivity contribution >= 4 is 41.2 Å². The van der Waals surface area contributed by atoms with Gasteiger partial charge in [-0.1, -0.05) is 23.7 Å². The van der Waals surface area contributed by atoms with E-state index in [0.717, 1.165) is 11.1 Å². The zero-order valence-electron chi connectivity index (χ0n) is 14.7. The third-order valence-electron chi connectivity index (χ3n) is 4.07. The van der Waals surface area contributed by atoms with Crippen LogP contribution in [0.4, 0.5) is 20.5 Å². The molecule has 1 aliphatic rings. The van der Waals surface area contributed by atoms with Crippen LogP contribution in [0.5, 0.6) is 11.6 Å². The van der Waals surface area contributed by atoms with E-state index in [1.54, 1.807) is 30.5 Å². The summed E-state index contributed by atoms with van der Waals surface area (Å²) in [4.78, 5) is 15.3. The van der Waals surface area contributed by atoms with Crippen LogP contribution in [0.2, 0.25) is 5.02 Å². The summed E-state index contributed by atoms with van der Waals surface area (Å²) in [6.07, 6.45) is 4.81. The highest BCUT2D eigenvalue weighted by Gasteiger charge is 2.16. The van der Waals surface area contributed by atoms with Crippen LogP contribution in [0.1, 0.15) is 16.8 Å². The molecule has 3 N–H and O–H groups in total. The minimum atomic E-state index is -2.88. The van der Waals surface area contributed by atoms with Crippen molar-refractivity contribution in [3.05, 3.63) is 58.4 Å². The van der Waals surface area contributed by atoms with Gasteiger partial charge in [0.2, 0.25) is 11.8 Å². The maximum atomic E-state index is 12.3. The third kappa shape index (κ3) is 4.35. The fourth-order valence-electron chi connectivity index (χ4n) is 2.80. The number of rotatable bonds is 6. The van der Waals surface area contributed by atoms with E-state index in [2.05, 4.69) is 30.0 Å².